The molecule has 0 bridgehead atoms. The number of carbonyl (C=O) groups excluding carboxylic acids is 1. The van der Waals surface area contributed by atoms with Gasteiger partial charge in [0.15, 0.2) is 0 Å². The molecule has 0 radical (unpaired) electrons. The molecule has 1 amide bonds. The molecule has 2 aliphatic heterocycles. The summed E-state index contributed by atoms with van der Waals surface area (Å²) in [5, 5.41) is 17.4. The molecule has 0 aliphatic carbocycles. The average molecular weight is 556 g/mol. The molecule has 0 unspecified atom stereocenters. The minimum absolute atomic E-state index is 0.257. The van der Waals surface area contributed by atoms with Crippen molar-refractivity contribution in [2.45, 2.75) is 57.3 Å². The Kier molecular flexibility index (Phi) is 9.97. The van der Waals surface area contributed by atoms with E-state index in [9.17, 15) is 31.1 Å². The van der Waals surface area contributed by atoms with Crippen molar-refractivity contribution in [2.24, 2.45) is 0 Å². The lowest BCUT2D eigenvalue weighted by atomic mass is 10.1. The standard InChI is InChI=1S/C17H20N4OS.2C2HF3O2/c1-12-3-2-4-13(19-12)10-21-14-5-7-20(15(14)9-17(21)22)11-16-18-6-8-23-16;2*3-2(4,5)1(6)7/h2-4,6,8,14-15H,5,7,9-11H2,1H3;2*(H,6,7)/t14-,15-;;/m0../s1. The Hall–Kier alpha value is -3.27. The summed E-state index contributed by atoms with van der Waals surface area (Å²) in [6.07, 6.45) is -6.64. The van der Waals surface area contributed by atoms with Crippen molar-refractivity contribution < 1.29 is 50.9 Å². The molecule has 9 nitrogen and oxygen atoms in total. The molecular formula is C21H22F6N4O5S. The lowest BCUT2D eigenvalue weighted by Gasteiger charge is -2.25. The minimum Gasteiger partial charge on any atom is -0.475 e. The number of carbonyl (C=O) groups is 3. The predicted molar refractivity (Wildman–Crippen MR) is 116 cm³/mol. The van der Waals surface area contributed by atoms with Crippen LogP contribution in [0.4, 0.5) is 26.3 Å². The monoisotopic (exact) mass is 556 g/mol. The average Bonchev–Trinajstić information content (AvgIpc) is 3.49. The highest BCUT2D eigenvalue weighted by Crippen LogP contribution is 2.34. The number of aromatic nitrogens is 2. The van der Waals surface area contributed by atoms with E-state index in [2.05, 4.69) is 14.9 Å². The van der Waals surface area contributed by atoms with E-state index in [1.165, 1.54) is 0 Å². The molecule has 0 saturated carbocycles. The number of carboxylic acids is 2. The van der Waals surface area contributed by atoms with Crippen LogP contribution >= 0.6 is 11.3 Å². The van der Waals surface area contributed by atoms with Gasteiger partial charge in [-0.15, -0.1) is 11.3 Å². The number of fused-ring (bicyclic) bond motifs is 1. The van der Waals surface area contributed by atoms with Crippen molar-refractivity contribution in [3.05, 3.63) is 46.2 Å². The first-order chi connectivity index (χ1) is 17.1. The van der Waals surface area contributed by atoms with E-state index in [4.69, 9.17) is 19.8 Å². The number of thiazole rings is 1. The first-order valence-corrected chi connectivity index (χ1v) is 11.4. The maximum absolute atomic E-state index is 12.5. The van der Waals surface area contributed by atoms with Gasteiger partial charge >= 0.3 is 24.3 Å². The Bertz CT molecular complexity index is 1060. The van der Waals surface area contributed by atoms with Gasteiger partial charge in [0.25, 0.3) is 0 Å². The number of halogens is 6. The second-order valence-electron chi connectivity index (χ2n) is 7.92. The van der Waals surface area contributed by atoms with Gasteiger partial charge in [-0.3, -0.25) is 14.7 Å². The van der Waals surface area contributed by atoms with Crippen LogP contribution in [-0.4, -0.2) is 78.8 Å². The Balaban J connectivity index is 0.000000286. The zero-order valence-electron chi connectivity index (χ0n) is 19.2. The van der Waals surface area contributed by atoms with Gasteiger partial charge in [-0.05, 0) is 25.5 Å². The van der Waals surface area contributed by atoms with Crippen molar-refractivity contribution >= 4 is 29.2 Å². The van der Waals surface area contributed by atoms with Crippen LogP contribution in [0.3, 0.4) is 0 Å². The summed E-state index contributed by atoms with van der Waals surface area (Å²) < 4.78 is 63.5. The number of pyridine rings is 1. The summed E-state index contributed by atoms with van der Waals surface area (Å²) in [4.78, 5) is 43.7. The van der Waals surface area contributed by atoms with Gasteiger partial charge in [0, 0.05) is 42.3 Å². The Labute approximate surface area is 210 Å². The number of rotatable bonds is 4. The number of aliphatic carboxylic acids is 2. The van der Waals surface area contributed by atoms with Crippen LogP contribution in [0.25, 0.3) is 0 Å². The largest absolute Gasteiger partial charge is 0.490 e. The molecule has 2 N–H and O–H groups in total. The van der Waals surface area contributed by atoms with Crippen molar-refractivity contribution in [1.29, 1.82) is 0 Å². The lowest BCUT2D eigenvalue weighted by Crippen LogP contribution is -2.36. The van der Waals surface area contributed by atoms with E-state index in [1.807, 2.05) is 41.6 Å². The Morgan fingerprint density at radius 2 is 1.65 bits per heavy atom. The van der Waals surface area contributed by atoms with Crippen LogP contribution < -0.4 is 0 Å². The third-order valence-corrected chi connectivity index (χ3v) is 6.08. The fraction of sp³-hybridized carbons (Fsp3) is 0.476. The highest BCUT2D eigenvalue weighted by Gasteiger charge is 2.46. The number of aryl methyl sites for hydroxylation is 1. The molecule has 0 aromatic carbocycles. The van der Waals surface area contributed by atoms with E-state index < -0.39 is 24.3 Å². The quantitative estimate of drug-likeness (QED) is 0.549. The van der Waals surface area contributed by atoms with E-state index in [0.29, 0.717) is 25.0 Å². The van der Waals surface area contributed by atoms with Crippen molar-refractivity contribution in [2.75, 3.05) is 6.54 Å². The van der Waals surface area contributed by atoms with Crippen LogP contribution in [0.5, 0.6) is 0 Å². The minimum atomic E-state index is -5.08. The predicted octanol–water partition coefficient (Wildman–Crippen LogP) is 3.49. The summed E-state index contributed by atoms with van der Waals surface area (Å²) in [6.45, 7) is 4.53. The van der Waals surface area contributed by atoms with Crippen molar-refractivity contribution in [1.82, 2.24) is 19.8 Å². The van der Waals surface area contributed by atoms with Crippen molar-refractivity contribution in [3.63, 3.8) is 0 Å². The van der Waals surface area contributed by atoms with Gasteiger partial charge < -0.3 is 15.1 Å². The zero-order valence-corrected chi connectivity index (χ0v) is 20.0. The van der Waals surface area contributed by atoms with Gasteiger partial charge in [0.1, 0.15) is 5.01 Å². The molecule has 2 aliphatic rings. The molecule has 2 aromatic rings. The number of hydrogen-bond acceptors (Lipinski definition) is 7. The maximum Gasteiger partial charge on any atom is 0.490 e. The molecular weight excluding hydrogens is 534 g/mol. The summed E-state index contributed by atoms with van der Waals surface area (Å²) in [6, 6.07) is 6.67. The number of amides is 1. The highest BCUT2D eigenvalue weighted by molar-refractivity contribution is 7.09. The molecule has 2 aromatic heterocycles. The Morgan fingerprint density at radius 3 is 2.14 bits per heavy atom. The zero-order chi connectivity index (χ0) is 28.0. The normalized spacial score (nSPS) is 19.4. The number of hydrogen-bond donors (Lipinski definition) is 2. The first-order valence-electron chi connectivity index (χ1n) is 10.5. The summed E-state index contributed by atoms with van der Waals surface area (Å²) in [5.74, 6) is -5.26. The topological polar surface area (TPSA) is 124 Å². The maximum atomic E-state index is 12.5. The van der Waals surface area contributed by atoms with Gasteiger partial charge in [-0.25, -0.2) is 14.6 Å². The summed E-state index contributed by atoms with van der Waals surface area (Å²) >= 11 is 1.69. The Morgan fingerprint density at radius 1 is 1.05 bits per heavy atom. The SMILES string of the molecule is Cc1cccc(CN2C(=O)C[C@H]3[C@@H]2CCN3Cc2nccs2)n1.O=C(O)C(F)(F)F.O=C(O)C(F)(F)F. The van der Waals surface area contributed by atoms with Gasteiger partial charge in [0.05, 0.1) is 18.8 Å². The third kappa shape index (κ3) is 8.96. The molecule has 0 spiro atoms. The number of carboxylic acid groups (broad SMARTS) is 2. The number of likely N-dealkylation sites (tertiary alicyclic amines) is 2. The second-order valence-corrected chi connectivity index (χ2v) is 8.90. The smallest absolute Gasteiger partial charge is 0.475 e. The van der Waals surface area contributed by atoms with Crippen LogP contribution in [0.15, 0.2) is 29.8 Å². The van der Waals surface area contributed by atoms with E-state index in [0.717, 1.165) is 35.9 Å². The number of nitrogens with zero attached hydrogens (tertiary/aromatic N) is 4. The third-order valence-electron chi connectivity index (χ3n) is 5.31. The van der Waals surface area contributed by atoms with Gasteiger partial charge in [-0.1, -0.05) is 6.07 Å². The molecule has 2 saturated heterocycles. The van der Waals surface area contributed by atoms with Crippen LogP contribution in [-0.2, 0) is 27.5 Å². The second kappa shape index (κ2) is 12.3. The van der Waals surface area contributed by atoms with Crippen LogP contribution in [0, 0.1) is 6.92 Å². The van der Waals surface area contributed by atoms with E-state index in [-0.39, 0.29) is 5.91 Å². The molecule has 16 heteroatoms. The highest BCUT2D eigenvalue weighted by atomic mass is 32.1. The molecule has 4 heterocycles. The molecule has 2 fully saturated rings. The van der Waals surface area contributed by atoms with Crippen LogP contribution in [0.2, 0.25) is 0 Å². The molecule has 37 heavy (non-hydrogen) atoms. The summed E-state index contributed by atoms with van der Waals surface area (Å²) in [7, 11) is 0. The fourth-order valence-corrected chi connectivity index (χ4v) is 4.42. The summed E-state index contributed by atoms with van der Waals surface area (Å²) in [5.41, 5.74) is 1.99. The molecule has 4 rings (SSSR count). The molecule has 2 atom stereocenters. The van der Waals surface area contributed by atoms with Gasteiger partial charge in [0.2, 0.25) is 5.91 Å². The van der Waals surface area contributed by atoms with Crippen molar-refractivity contribution in [3.8, 4) is 0 Å². The van der Waals surface area contributed by atoms with Crippen LogP contribution in [0.1, 0.15) is 29.2 Å². The van der Waals surface area contributed by atoms with Gasteiger partial charge in [-0.2, -0.15) is 26.3 Å². The fourth-order valence-electron chi connectivity index (χ4n) is 3.78. The van der Waals surface area contributed by atoms with E-state index in [1.54, 1.807) is 11.3 Å². The number of alkyl halides is 6. The lowest BCUT2D eigenvalue weighted by molar-refractivity contribution is -0.193. The molecule has 204 valence electrons. The van der Waals surface area contributed by atoms with E-state index >= 15 is 0 Å². The first kappa shape index (κ1) is 30.0.